The standard InChI is InChI=1S/C20H22N2O7/c1-5-28-18-9-14(16(22(25)26)10-17(18)27-4)20(24)29-11-19(23)21-15-7-6-12(2)8-13(15)3/h6-10H,5,11H2,1-4H3,(H,21,23). The first-order valence-electron chi connectivity index (χ1n) is 8.80. The fourth-order valence-electron chi connectivity index (χ4n) is 2.64. The van der Waals surface area contributed by atoms with E-state index in [4.69, 9.17) is 14.2 Å². The van der Waals surface area contributed by atoms with Gasteiger partial charge < -0.3 is 19.5 Å². The zero-order valence-corrected chi connectivity index (χ0v) is 16.6. The van der Waals surface area contributed by atoms with E-state index < -0.39 is 29.1 Å². The van der Waals surface area contributed by atoms with Gasteiger partial charge in [-0.1, -0.05) is 17.7 Å². The molecule has 0 spiro atoms. The molecule has 0 aliphatic rings. The molecule has 2 aromatic carbocycles. The second-order valence-corrected chi connectivity index (χ2v) is 6.15. The van der Waals surface area contributed by atoms with Crippen LogP contribution in [0.5, 0.6) is 11.5 Å². The van der Waals surface area contributed by atoms with Gasteiger partial charge in [0.1, 0.15) is 5.56 Å². The molecular weight excluding hydrogens is 380 g/mol. The molecule has 0 heterocycles. The molecule has 2 aromatic rings. The molecule has 0 bridgehead atoms. The highest BCUT2D eigenvalue weighted by Gasteiger charge is 2.26. The van der Waals surface area contributed by atoms with Crippen LogP contribution in [0.1, 0.15) is 28.4 Å². The summed E-state index contributed by atoms with van der Waals surface area (Å²) >= 11 is 0. The molecule has 9 heteroatoms. The first-order chi connectivity index (χ1) is 13.8. The quantitative estimate of drug-likeness (QED) is 0.408. The Kier molecular flexibility index (Phi) is 7.13. The molecule has 0 aromatic heterocycles. The van der Waals surface area contributed by atoms with Gasteiger partial charge in [-0.2, -0.15) is 0 Å². The van der Waals surface area contributed by atoms with Crippen LogP contribution < -0.4 is 14.8 Å². The third-order valence-corrected chi connectivity index (χ3v) is 3.99. The van der Waals surface area contributed by atoms with Gasteiger partial charge in [-0.05, 0) is 32.4 Å². The number of nitro benzene ring substituents is 1. The van der Waals surface area contributed by atoms with Crippen LogP contribution in [0, 0.1) is 24.0 Å². The lowest BCUT2D eigenvalue weighted by atomic mass is 10.1. The number of nitro groups is 1. The maximum atomic E-state index is 12.4. The minimum absolute atomic E-state index is 0.114. The first kappa shape index (κ1) is 21.7. The molecule has 0 aliphatic heterocycles. The van der Waals surface area contributed by atoms with Gasteiger partial charge in [-0.25, -0.2) is 4.79 Å². The lowest BCUT2D eigenvalue weighted by molar-refractivity contribution is -0.385. The summed E-state index contributed by atoms with van der Waals surface area (Å²) < 4.78 is 15.4. The Morgan fingerprint density at radius 1 is 1.14 bits per heavy atom. The molecule has 154 valence electrons. The van der Waals surface area contributed by atoms with Gasteiger partial charge in [0.15, 0.2) is 18.1 Å². The molecule has 0 unspecified atom stereocenters. The summed E-state index contributed by atoms with van der Waals surface area (Å²) in [6.07, 6.45) is 0. The van der Waals surface area contributed by atoms with E-state index in [1.54, 1.807) is 13.0 Å². The van der Waals surface area contributed by atoms with E-state index in [1.807, 2.05) is 26.0 Å². The van der Waals surface area contributed by atoms with Crippen molar-refractivity contribution in [3.05, 3.63) is 57.1 Å². The van der Waals surface area contributed by atoms with Crippen LogP contribution in [0.15, 0.2) is 30.3 Å². The van der Waals surface area contributed by atoms with Gasteiger partial charge in [0.05, 0.1) is 24.7 Å². The van der Waals surface area contributed by atoms with Crippen LogP contribution in [0.25, 0.3) is 0 Å². The van der Waals surface area contributed by atoms with Crippen LogP contribution in [-0.4, -0.2) is 37.1 Å². The van der Waals surface area contributed by atoms with Crippen molar-refractivity contribution >= 4 is 23.3 Å². The van der Waals surface area contributed by atoms with E-state index in [-0.39, 0.29) is 23.7 Å². The van der Waals surface area contributed by atoms with Crippen LogP contribution in [-0.2, 0) is 9.53 Å². The number of nitrogens with one attached hydrogen (secondary N) is 1. The van der Waals surface area contributed by atoms with Crippen molar-refractivity contribution in [1.29, 1.82) is 0 Å². The second-order valence-electron chi connectivity index (χ2n) is 6.15. The van der Waals surface area contributed by atoms with Gasteiger partial charge >= 0.3 is 5.97 Å². The van der Waals surface area contributed by atoms with Crippen LogP contribution in [0.2, 0.25) is 0 Å². The maximum Gasteiger partial charge on any atom is 0.345 e. The summed E-state index contributed by atoms with van der Waals surface area (Å²) in [6.45, 7) is 5.15. The van der Waals surface area contributed by atoms with Crippen molar-refractivity contribution in [2.45, 2.75) is 20.8 Å². The highest BCUT2D eigenvalue weighted by molar-refractivity contribution is 5.98. The largest absolute Gasteiger partial charge is 0.493 e. The molecule has 29 heavy (non-hydrogen) atoms. The fraction of sp³-hybridized carbons (Fsp3) is 0.300. The third kappa shape index (κ3) is 5.44. The molecule has 9 nitrogen and oxygen atoms in total. The fourth-order valence-corrected chi connectivity index (χ4v) is 2.64. The number of hydrogen-bond donors (Lipinski definition) is 1. The number of amides is 1. The van der Waals surface area contributed by atoms with Crippen LogP contribution in [0.4, 0.5) is 11.4 Å². The predicted octanol–water partition coefficient (Wildman–Crippen LogP) is 3.41. The van der Waals surface area contributed by atoms with Gasteiger partial charge in [0, 0.05) is 11.8 Å². The summed E-state index contributed by atoms with van der Waals surface area (Å²) in [5.41, 5.74) is 1.65. The monoisotopic (exact) mass is 402 g/mol. The van der Waals surface area contributed by atoms with Crippen molar-refractivity contribution < 1.29 is 28.7 Å². The number of hydrogen-bond acceptors (Lipinski definition) is 7. The predicted molar refractivity (Wildman–Crippen MR) is 106 cm³/mol. The van der Waals surface area contributed by atoms with Gasteiger partial charge in [0.2, 0.25) is 0 Å². The molecule has 0 aliphatic carbocycles. The van der Waals surface area contributed by atoms with Gasteiger partial charge in [-0.15, -0.1) is 0 Å². The van der Waals surface area contributed by atoms with Crippen molar-refractivity contribution in [2.75, 3.05) is 25.6 Å². The number of esters is 1. The summed E-state index contributed by atoms with van der Waals surface area (Å²) in [5, 5.41) is 14.0. The lowest BCUT2D eigenvalue weighted by Crippen LogP contribution is -2.21. The van der Waals surface area contributed by atoms with E-state index in [9.17, 15) is 19.7 Å². The number of aryl methyl sites for hydroxylation is 2. The molecule has 0 saturated carbocycles. The molecule has 0 atom stereocenters. The SMILES string of the molecule is CCOc1cc(C(=O)OCC(=O)Nc2ccc(C)cc2C)c([N+](=O)[O-])cc1OC. The summed E-state index contributed by atoms with van der Waals surface area (Å²) in [4.78, 5) is 35.1. The number of carbonyl (C=O) groups is 2. The lowest BCUT2D eigenvalue weighted by Gasteiger charge is -2.12. The highest BCUT2D eigenvalue weighted by Crippen LogP contribution is 2.35. The molecule has 1 N–H and O–H groups in total. The average Bonchev–Trinajstić information content (AvgIpc) is 2.68. The van der Waals surface area contributed by atoms with E-state index in [2.05, 4.69) is 5.32 Å². The van der Waals surface area contributed by atoms with Crippen molar-refractivity contribution in [2.24, 2.45) is 0 Å². The van der Waals surface area contributed by atoms with Crippen molar-refractivity contribution in [3.8, 4) is 11.5 Å². The van der Waals surface area contributed by atoms with E-state index in [1.165, 1.54) is 13.2 Å². The Morgan fingerprint density at radius 3 is 2.45 bits per heavy atom. The Balaban J connectivity index is 2.15. The number of benzene rings is 2. The van der Waals surface area contributed by atoms with Gasteiger partial charge in [0.25, 0.3) is 11.6 Å². The summed E-state index contributed by atoms with van der Waals surface area (Å²) in [5.74, 6) is -1.31. The number of methoxy groups -OCH3 is 1. The van der Waals surface area contributed by atoms with E-state index in [0.717, 1.165) is 17.2 Å². The minimum atomic E-state index is -1.02. The minimum Gasteiger partial charge on any atom is -0.493 e. The number of rotatable bonds is 8. The smallest absolute Gasteiger partial charge is 0.345 e. The highest BCUT2D eigenvalue weighted by atomic mass is 16.6. The van der Waals surface area contributed by atoms with Gasteiger partial charge in [-0.3, -0.25) is 14.9 Å². The zero-order chi connectivity index (χ0) is 21.6. The summed E-state index contributed by atoms with van der Waals surface area (Å²) in [7, 11) is 1.33. The average molecular weight is 402 g/mol. The third-order valence-electron chi connectivity index (χ3n) is 3.99. The topological polar surface area (TPSA) is 117 Å². The molecule has 1 amide bonds. The Morgan fingerprint density at radius 2 is 1.86 bits per heavy atom. The van der Waals surface area contributed by atoms with Crippen LogP contribution >= 0.6 is 0 Å². The Hall–Kier alpha value is -3.62. The molecule has 0 fully saturated rings. The summed E-state index contributed by atoms with van der Waals surface area (Å²) in [6, 6.07) is 7.73. The number of ether oxygens (including phenoxy) is 3. The number of carbonyl (C=O) groups excluding carboxylic acids is 2. The maximum absolute atomic E-state index is 12.4. The van der Waals surface area contributed by atoms with E-state index >= 15 is 0 Å². The molecule has 0 saturated heterocycles. The molecule has 0 radical (unpaired) electrons. The van der Waals surface area contributed by atoms with Crippen LogP contribution in [0.3, 0.4) is 0 Å². The first-order valence-corrected chi connectivity index (χ1v) is 8.80. The van der Waals surface area contributed by atoms with Crippen molar-refractivity contribution in [3.63, 3.8) is 0 Å². The second kappa shape index (κ2) is 9.54. The Labute approximate surface area is 167 Å². The van der Waals surface area contributed by atoms with E-state index in [0.29, 0.717) is 5.69 Å². The van der Waals surface area contributed by atoms with Crippen molar-refractivity contribution in [1.82, 2.24) is 0 Å². The number of nitrogens with zero attached hydrogens (tertiary/aromatic N) is 1. The normalized spacial score (nSPS) is 10.2. The molecule has 2 rings (SSSR count). The molecular formula is C20H22N2O7. The zero-order valence-electron chi connectivity index (χ0n) is 16.6. The number of anilines is 1. The Bertz CT molecular complexity index is 941.